The van der Waals surface area contributed by atoms with E-state index in [1.807, 2.05) is 0 Å². The van der Waals surface area contributed by atoms with Crippen molar-refractivity contribution in [3.05, 3.63) is 0 Å². The van der Waals surface area contributed by atoms with Crippen LogP contribution >= 0.6 is 0 Å². The van der Waals surface area contributed by atoms with E-state index in [4.69, 9.17) is 15.2 Å². The van der Waals surface area contributed by atoms with Gasteiger partial charge in [0.15, 0.2) is 6.29 Å². The van der Waals surface area contributed by atoms with Crippen LogP contribution in [-0.4, -0.2) is 234 Å². The lowest BCUT2D eigenvalue weighted by atomic mass is 9.96. The predicted molar refractivity (Wildman–Crippen MR) is 253 cm³/mol. The maximum atomic E-state index is 14.5. The lowest BCUT2D eigenvalue weighted by molar-refractivity contribution is -0.281. The van der Waals surface area contributed by atoms with Gasteiger partial charge in [0.2, 0.25) is 59.1 Å². The summed E-state index contributed by atoms with van der Waals surface area (Å²) < 4.78 is 11.7. The molecule has 0 aromatic heterocycles. The Kier molecular flexibility index (Phi) is 24.0. The third kappa shape index (κ3) is 16.2. The molecule has 0 saturated carbocycles. The van der Waals surface area contributed by atoms with E-state index >= 15 is 0 Å². The van der Waals surface area contributed by atoms with Crippen LogP contribution in [0, 0.1) is 5.92 Å². The highest BCUT2D eigenvalue weighted by Crippen LogP contribution is 2.25. The van der Waals surface area contributed by atoms with Gasteiger partial charge >= 0.3 is 0 Å². The molecule has 3 rings (SSSR count). The monoisotopic (exact) mass is 1060 g/mol. The highest BCUT2D eigenvalue weighted by molar-refractivity contribution is 5.98. The predicted octanol–water partition coefficient (Wildman–Crippen LogP) is -8.09. The molecule has 10 amide bonds. The van der Waals surface area contributed by atoms with Crippen molar-refractivity contribution in [1.29, 1.82) is 0 Å². The summed E-state index contributed by atoms with van der Waals surface area (Å²) in [6.07, 6.45) is -12.0. The van der Waals surface area contributed by atoms with Crippen LogP contribution in [0.5, 0.6) is 0 Å². The number of amides is 10. The maximum Gasteiger partial charge on any atom is 0.248 e. The zero-order valence-corrected chi connectivity index (χ0v) is 42.8. The van der Waals surface area contributed by atoms with Gasteiger partial charge in [-0.2, -0.15) is 0 Å². The standard InChI is InChI=1S/C45H76N10O19/c1-9-18(2)29(41(69)48-25(16-56)38(66)50-30(19(3)58)37(46)65)49-40(68)27-13-11-15-55(27)44(72)32(21(5)60)52-43(71)33(22(6)73-45-34(47-23(7)61)36(64)35(63)28(17-57)74-45)53-42(70)31(20(4)59)51-39(67)26-12-10-14-54(26)24(8)62/h18-22,25-36,45,56-60,63-64H,9-17H2,1-8H3,(H2,46,65)(H,47,61)(H,48,69)(H,49,68)(H,50,66)(H,51,67)(H,52,71)(H,53,70)/t18-,19+,20+,21+,22+,25-,26-,27-,28+,29-,30-,31-,32-,33-,34+,35-,36+,45-/m0/s1. The average Bonchev–Trinajstić information content (AvgIpc) is 4.04. The van der Waals surface area contributed by atoms with Gasteiger partial charge in [0.25, 0.3) is 0 Å². The lowest BCUT2D eigenvalue weighted by Gasteiger charge is -2.43. The van der Waals surface area contributed by atoms with E-state index < -0.39 is 182 Å². The molecular weight excluding hydrogens is 985 g/mol. The summed E-state index contributed by atoms with van der Waals surface area (Å²) >= 11 is 0. The fraction of sp³-hybridized carbons (Fsp3) is 0.778. The Bertz CT molecular complexity index is 2010. The van der Waals surface area contributed by atoms with Crippen molar-refractivity contribution in [3.8, 4) is 0 Å². The second kappa shape index (κ2) is 28.3. The third-order valence-electron chi connectivity index (χ3n) is 13.3. The molecule has 3 saturated heterocycles. The van der Waals surface area contributed by atoms with Crippen LogP contribution in [0.25, 0.3) is 0 Å². The van der Waals surface area contributed by atoms with Gasteiger partial charge in [-0.1, -0.05) is 20.3 Å². The first kappa shape index (κ1) is 62.6. The average molecular weight is 1060 g/mol. The Morgan fingerprint density at radius 1 is 0.649 bits per heavy atom. The summed E-state index contributed by atoms with van der Waals surface area (Å²) in [6, 6.07) is -14.1. The molecule has 0 bridgehead atoms. The second-order valence-corrected chi connectivity index (χ2v) is 19.0. The molecule has 0 aromatic rings. The van der Waals surface area contributed by atoms with Crippen LogP contribution in [-0.2, 0) is 57.4 Å². The van der Waals surface area contributed by atoms with Crippen molar-refractivity contribution in [1.82, 2.24) is 47.0 Å². The van der Waals surface area contributed by atoms with Crippen LogP contribution in [0.3, 0.4) is 0 Å². The number of carbonyl (C=O) groups is 10. The molecule has 0 aromatic carbocycles. The number of hydrogen-bond donors (Lipinski definition) is 15. The van der Waals surface area contributed by atoms with E-state index in [2.05, 4.69) is 37.2 Å². The molecule has 18 atom stereocenters. The number of nitrogens with zero attached hydrogens (tertiary/aromatic N) is 2. The molecule has 3 aliphatic heterocycles. The molecule has 0 unspecified atom stereocenters. The lowest BCUT2D eigenvalue weighted by Crippen LogP contribution is -2.67. The molecule has 0 radical (unpaired) electrons. The zero-order valence-electron chi connectivity index (χ0n) is 42.8. The number of nitrogens with one attached hydrogen (secondary N) is 7. The first-order valence-corrected chi connectivity index (χ1v) is 24.5. The van der Waals surface area contributed by atoms with Crippen molar-refractivity contribution < 1.29 is 93.2 Å². The minimum Gasteiger partial charge on any atom is -0.394 e. The summed E-state index contributed by atoms with van der Waals surface area (Å²) in [5.74, 6) is -10.0. The van der Waals surface area contributed by atoms with Crippen molar-refractivity contribution >= 4 is 59.1 Å². The Morgan fingerprint density at radius 3 is 1.62 bits per heavy atom. The second-order valence-electron chi connectivity index (χ2n) is 19.0. The highest BCUT2D eigenvalue weighted by atomic mass is 16.7. The fourth-order valence-corrected chi connectivity index (χ4v) is 8.79. The number of nitrogens with two attached hydrogens (primary N) is 1. The molecule has 3 fully saturated rings. The number of aliphatic hydroxyl groups is 7. The van der Waals surface area contributed by atoms with Gasteiger partial charge in [-0.3, -0.25) is 47.9 Å². The minimum absolute atomic E-state index is 0.0235. The van der Waals surface area contributed by atoms with Gasteiger partial charge in [-0.15, -0.1) is 0 Å². The number of ether oxygens (including phenoxy) is 2. The summed E-state index contributed by atoms with van der Waals surface area (Å²) in [5.41, 5.74) is 5.25. The molecule has 3 aliphatic rings. The van der Waals surface area contributed by atoms with Gasteiger partial charge in [0, 0.05) is 26.9 Å². The molecular formula is C45H76N10O19. The topological polar surface area (TPSA) is 447 Å². The molecule has 74 heavy (non-hydrogen) atoms. The van der Waals surface area contributed by atoms with Crippen LogP contribution in [0.4, 0.5) is 0 Å². The SMILES string of the molecule is CC[C@H](C)[C@H](NC(=O)[C@@H]1CCCN1C(=O)[C@@H](NC(=O)[C@@H](NC(=O)[C@@H](NC(=O)[C@@H]1CCCN1C(C)=O)[C@@H](C)O)[C@@H](C)O[C@H]1O[C@H](CO)[C@H](O)[C@H](O)[C@H]1NC(C)=O)[C@@H](C)O)C(=O)N[C@@H](CO)C(=O)N[C@H](C(N)=O)[C@@H](C)O. The summed E-state index contributed by atoms with van der Waals surface area (Å²) in [4.78, 5) is 136. The first-order chi connectivity index (χ1) is 34.6. The van der Waals surface area contributed by atoms with E-state index in [0.29, 0.717) is 6.42 Å². The maximum absolute atomic E-state index is 14.5. The van der Waals surface area contributed by atoms with Crippen LogP contribution < -0.4 is 43.0 Å². The number of aliphatic hydroxyl groups excluding tert-OH is 7. The third-order valence-corrected chi connectivity index (χ3v) is 13.3. The number of carbonyl (C=O) groups excluding carboxylic acids is 10. The Balaban J connectivity index is 1.95. The molecule has 16 N–H and O–H groups in total. The quantitative estimate of drug-likeness (QED) is 0.0404. The molecule has 29 heteroatoms. The molecule has 420 valence electrons. The molecule has 0 aliphatic carbocycles. The van der Waals surface area contributed by atoms with Gasteiger partial charge in [0.1, 0.15) is 72.7 Å². The first-order valence-electron chi connectivity index (χ1n) is 24.5. The normalized spacial score (nSPS) is 26.2. The van der Waals surface area contributed by atoms with Crippen molar-refractivity contribution in [2.75, 3.05) is 26.3 Å². The summed E-state index contributed by atoms with van der Waals surface area (Å²) in [7, 11) is 0. The van der Waals surface area contributed by atoms with Crippen LogP contribution in [0.1, 0.15) is 87.5 Å². The van der Waals surface area contributed by atoms with E-state index in [-0.39, 0.29) is 38.8 Å². The minimum atomic E-state index is -1.97. The van der Waals surface area contributed by atoms with Crippen molar-refractivity contribution in [2.24, 2.45) is 11.7 Å². The molecule has 0 spiro atoms. The Labute approximate surface area is 427 Å². The van der Waals surface area contributed by atoms with Crippen molar-refractivity contribution in [3.63, 3.8) is 0 Å². The van der Waals surface area contributed by atoms with Gasteiger partial charge in [0.05, 0.1) is 37.6 Å². The summed E-state index contributed by atoms with van der Waals surface area (Å²) in [5, 5.41) is 89.6. The van der Waals surface area contributed by atoms with E-state index in [1.165, 1.54) is 25.7 Å². The van der Waals surface area contributed by atoms with E-state index in [1.54, 1.807) is 13.8 Å². The van der Waals surface area contributed by atoms with Gasteiger partial charge < -0.3 is 98.0 Å². The number of likely N-dealkylation sites (tertiary alicyclic amines) is 2. The smallest absolute Gasteiger partial charge is 0.248 e. The van der Waals surface area contributed by atoms with Gasteiger partial charge in [-0.05, 0) is 59.3 Å². The van der Waals surface area contributed by atoms with Crippen LogP contribution in [0.2, 0.25) is 0 Å². The zero-order chi connectivity index (χ0) is 56.0. The van der Waals surface area contributed by atoms with E-state index in [0.717, 1.165) is 25.7 Å². The number of hydrogen-bond acceptors (Lipinski definition) is 19. The molecule has 3 heterocycles. The fourth-order valence-electron chi connectivity index (χ4n) is 8.79. The van der Waals surface area contributed by atoms with Crippen molar-refractivity contribution in [2.45, 2.75) is 191 Å². The Morgan fingerprint density at radius 2 is 1.14 bits per heavy atom. The van der Waals surface area contributed by atoms with Gasteiger partial charge in [-0.25, -0.2) is 0 Å². The van der Waals surface area contributed by atoms with E-state index in [9.17, 15) is 83.7 Å². The number of primary amides is 1. The largest absolute Gasteiger partial charge is 0.394 e. The number of rotatable bonds is 25. The summed E-state index contributed by atoms with van der Waals surface area (Å²) in [6.45, 7) is 8.61. The van der Waals surface area contributed by atoms with Crippen LogP contribution in [0.15, 0.2) is 0 Å². The Hall–Kier alpha value is -5.66. The highest BCUT2D eigenvalue weighted by Gasteiger charge is 2.48. The molecule has 29 nitrogen and oxygen atoms in total.